The van der Waals surface area contributed by atoms with Gasteiger partial charge >= 0.3 is 6.18 Å². The molecule has 0 aliphatic carbocycles. The predicted molar refractivity (Wildman–Crippen MR) is 67.8 cm³/mol. The quantitative estimate of drug-likeness (QED) is 0.797. The summed E-state index contributed by atoms with van der Waals surface area (Å²) in [7, 11) is 0. The van der Waals surface area contributed by atoms with E-state index in [1.807, 2.05) is 6.07 Å². The number of alkyl halides is 3. The van der Waals surface area contributed by atoms with Crippen molar-refractivity contribution in [3.63, 3.8) is 0 Å². The van der Waals surface area contributed by atoms with Crippen LogP contribution in [-0.2, 0) is 6.18 Å². The molecule has 104 valence electrons. The maximum Gasteiger partial charge on any atom is 0.436 e. The van der Waals surface area contributed by atoms with Crippen molar-refractivity contribution in [2.45, 2.75) is 20.0 Å². The Hall–Kier alpha value is -2.00. The molecule has 0 unspecified atom stereocenters. The normalized spacial score (nSPS) is 11.4. The highest BCUT2D eigenvalue weighted by atomic mass is 35.5. The Morgan fingerprint density at radius 1 is 1.30 bits per heavy atom. The summed E-state index contributed by atoms with van der Waals surface area (Å²) in [4.78, 5) is 0. The molecule has 0 bridgehead atoms. The molecule has 0 aliphatic heterocycles. The van der Waals surface area contributed by atoms with Crippen LogP contribution in [-0.4, -0.2) is 9.78 Å². The molecule has 0 amide bonds. The van der Waals surface area contributed by atoms with Gasteiger partial charge in [-0.3, -0.25) is 0 Å². The highest BCUT2D eigenvalue weighted by molar-refractivity contribution is 6.31. The zero-order chi connectivity index (χ0) is 15.1. The number of aryl methyl sites for hydroxylation is 2. The molecule has 1 aromatic carbocycles. The van der Waals surface area contributed by atoms with E-state index in [2.05, 4.69) is 5.10 Å². The van der Waals surface area contributed by atoms with E-state index in [1.165, 1.54) is 6.07 Å². The Morgan fingerprint density at radius 2 is 1.95 bits per heavy atom. The number of halogens is 4. The number of aromatic nitrogens is 2. The van der Waals surface area contributed by atoms with Crippen molar-refractivity contribution < 1.29 is 13.2 Å². The lowest BCUT2D eigenvalue weighted by molar-refractivity contribution is -0.141. The molecule has 3 nitrogen and oxygen atoms in total. The van der Waals surface area contributed by atoms with E-state index in [4.69, 9.17) is 16.9 Å². The molecule has 2 aromatic rings. The second-order valence-electron chi connectivity index (χ2n) is 4.33. The Morgan fingerprint density at radius 3 is 2.45 bits per heavy atom. The SMILES string of the molecule is Cc1ccc(C)c(-n2nc(C(F)(F)F)c(C#N)c2Cl)c1. The van der Waals surface area contributed by atoms with Crippen LogP contribution in [0.5, 0.6) is 0 Å². The van der Waals surface area contributed by atoms with Crippen LogP contribution in [0.25, 0.3) is 5.69 Å². The number of hydrogen-bond donors (Lipinski definition) is 0. The molecule has 0 N–H and O–H groups in total. The van der Waals surface area contributed by atoms with Crippen LogP contribution >= 0.6 is 11.6 Å². The van der Waals surface area contributed by atoms with E-state index < -0.39 is 17.4 Å². The fourth-order valence-electron chi connectivity index (χ4n) is 1.80. The van der Waals surface area contributed by atoms with Gasteiger partial charge in [-0.05, 0) is 31.0 Å². The Balaban J connectivity index is 2.74. The van der Waals surface area contributed by atoms with Crippen LogP contribution in [0.15, 0.2) is 18.2 Å². The lowest BCUT2D eigenvalue weighted by Gasteiger charge is -2.08. The molecule has 1 heterocycles. The largest absolute Gasteiger partial charge is 0.436 e. The first-order chi connectivity index (χ1) is 9.25. The predicted octanol–water partition coefficient (Wildman–Crippen LogP) is 4.03. The third-order valence-corrected chi connectivity index (χ3v) is 3.15. The minimum absolute atomic E-state index is 0.339. The number of hydrogen-bond acceptors (Lipinski definition) is 2. The Bertz CT molecular complexity index is 711. The maximum atomic E-state index is 12.8. The smallest absolute Gasteiger partial charge is 0.220 e. The first-order valence-corrected chi connectivity index (χ1v) is 5.97. The average molecular weight is 300 g/mol. The van der Waals surface area contributed by atoms with Crippen molar-refractivity contribution in [1.29, 1.82) is 5.26 Å². The molecular weight excluding hydrogens is 291 g/mol. The van der Waals surface area contributed by atoms with E-state index in [0.717, 1.165) is 10.2 Å². The van der Waals surface area contributed by atoms with Gasteiger partial charge in [0.15, 0.2) is 10.8 Å². The summed E-state index contributed by atoms with van der Waals surface area (Å²) in [6.45, 7) is 3.53. The number of nitriles is 1. The van der Waals surface area contributed by atoms with Gasteiger partial charge in [-0.1, -0.05) is 23.7 Å². The third-order valence-electron chi connectivity index (χ3n) is 2.80. The van der Waals surface area contributed by atoms with Gasteiger partial charge in [0.05, 0.1) is 5.69 Å². The summed E-state index contributed by atoms with van der Waals surface area (Å²) in [5, 5.41) is 12.0. The van der Waals surface area contributed by atoms with Crippen LogP contribution in [0.4, 0.5) is 13.2 Å². The molecule has 1 aromatic heterocycles. The summed E-state index contributed by atoms with van der Waals surface area (Å²) in [5.41, 5.74) is 0.0374. The molecule has 0 saturated carbocycles. The van der Waals surface area contributed by atoms with Crippen molar-refractivity contribution >= 4 is 11.6 Å². The Kier molecular flexibility index (Phi) is 3.48. The zero-order valence-electron chi connectivity index (χ0n) is 10.6. The topological polar surface area (TPSA) is 41.6 Å². The molecule has 7 heteroatoms. The van der Waals surface area contributed by atoms with Gasteiger partial charge in [0.25, 0.3) is 0 Å². The van der Waals surface area contributed by atoms with Gasteiger partial charge in [0.1, 0.15) is 11.6 Å². The second-order valence-corrected chi connectivity index (χ2v) is 4.68. The van der Waals surface area contributed by atoms with Gasteiger partial charge in [0.2, 0.25) is 0 Å². The molecule has 0 fully saturated rings. The van der Waals surface area contributed by atoms with Crippen molar-refractivity contribution in [2.75, 3.05) is 0 Å². The summed E-state index contributed by atoms with van der Waals surface area (Å²) in [6.07, 6.45) is -4.72. The summed E-state index contributed by atoms with van der Waals surface area (Å²) < 4.78 is 39.5. The molecule has 0 radical (unpaired) electrons. The monoisotopic (exact) mass is 299 g/mol. The molecule has 0 atom stereocenters. The molecule has 20 heavy (non-hydrogen) atoms. The van der Waals surface area contributed by atoms with E-state index in [-0.39, 0.29) is 5.15 Å². The van der Waals surface area contributed by atoms with Gasteiger partial charge in [0, 0.05) is 0 Å². The highest BCUT2D eigenvalue weighted by Gasteiger charge is 2.39. The van der Waals surface area contributed by atoms with Crippen molar-refractivity contribution in [2.24, 2.45) is 0 Å². The Labute approximate surface area is 118 Å². The van der Waals surface area contributed by atoms with E-state index >= 15 is 0 Å². The lowest BCUT2D eigenvalue weighted by Crippen LogP contribution is -2.09. The fraction of sp³-hybridized carbons (Fsp3) is 0.231. The highest BCUT2D eigenvalue weighted by Crippen LogP contribution is 2.35. The first kappa shape index (κ1) is 14.4. The van der Waals surface area contributed by atoms with E-state index in [1.54, 1.807) is 26.0 Å². The fourth-order valence-corrected chi connectivity index (χ4v) is 2.06. The summed E-state index contributed by atoms with van der Waals surface area (Å²) in [6, 6.07) is 6.70. The van der Waals surface area contributed by atoms with Crippen LogP contribution in [0.2, 0.25) is 5.15 Å². The van der Waals surface area contributed by atoms with Crippen molar-refractivity contribution in [3.05, 3.63) is 45.7 Å². The molecule has 0 saturated heterocycles. The van der Waals surface area contributed by atoms with Crippen molar-refractivity contribution in [3.8, 4) is 11.8 Å². The van der Waals surface area contributed by atoms with Crippen molar-refractivity contribution in [1.82, 2.24) is 9.78 Å². The maximum absolute atomic E-state index is 12.8. The third kappa shape index (κ3) is 2.37. The van der Waals surface area contributed by atoms with Crippen LogP contribution in [0.3, 0.4) is 0 Å². The molecular formula is C13H9ClF3N3. The number of benzene rings is 1. The minimum Gasteiger partial charge on any atom is -0.220 e. The van der Waals surface area contributed by atoms with Crippen LogP contribution in [0, 0.1) is 25.2 Å². The zero-order valence-corrected chi connectivity index (χ0v) is 11.3. The van der Waals surface area contributed by atoms with Crippen LogP contribution in [0.1, 0.15) is 22.4 Å². The number of nitrogens with zero attached hydrogens (tertiary/aromatic N) is 3. The van der Waals surface area contributed by atoms with E-state index in [9.17, 15) is 13.2 Å². The van der Waals surface area contributed by atoms with Gasteiger partial charge in [-0.2, -0.15) is 23.5 Å². The van der Waals surface area contributed by atoms with Gasteiger partial charge in [-0.15, -0.1) is 0 Å². The summed E-state index contributed by atoms with van der Waals surface area (Å²) in [5.74, 6) is 0. The second kappa shape index (κ2) is 4.84. The summed E-state index contributed by atoms with van der Waals surface area (Å²) >= 11 is 5.87. The molecule has 0 aliphatic rings. The minimum atomic E-state index is -4.72. The van der Waals surface area contributed by atoms with E-state index in [0.29, 0.717) is 11.3 Å². The van der Waals surface area contributed by atoms with Gasteiger partial charge < -0.3 is 0 Å². The standard InChI is InChI=1S/C13H9ClF3N3/c1-7-3-4-8(2)10(5-7)20-12(14)9(6-18)11(19-20)13(15,16)17/h3-5H,1-2H3. The lowest BCUT2D eigenvalue weighted by atomic mass is 10.1. The molecule has 0 spiro atoms. The molecule has 2 rings (SSSR count). The van der Waals surface area contributed by atoms with Crippen LogP contribution < -0.4 is 0 Å². The number of rotatable bonds is 1. The average Bonchev–Trinajstić information content (AvgIpc) is 2.69. The first-order valence-electron chi connectivity index (χ1n) is 5.59. The van der Waals surface area contributed by atoms with Gasteiger partial charge in [-0.25, -0.2) is 4.68 Å².